The minimum Gasteiger partial charge on any atom is -0.166 e. The maximum Gasteiger partial charge on any atom is 0.259 e. The van der Waals surface area contributed by atoms with Gasteiger partial charge in [-0.2, -0.15) is 10.2 Å². The smallest absolute Gasteiger partial charge is 0.166 e. The van der Waals surface area contributed by atoms with Gasteiger partial charge >= 0.3 is 0 Å². The molecule has 88 valence electrons. The van der Waals surface area contributed by atoms with Crippen molar-refractivity contribution in [2.75, 3.05) is 0 Å². The summed E-state index contributed by atoms with van der Waals surface area (Å²) in [6.45, 7) is 0. The Morgan fingerprint density at radius 2 is 2.22 bits per heavy atom. The minimum atomic E-state index is 0.299. The van der Waals surface area contributed by atoms with Crippen LogP contribution in [0.2, 0.25) is 5.15 Å². The fourth-order valence-electron chi connectivity index (χ4n) is 1.78. The Labute approximate surface area is 106 Å². The van der Waals surface area contributed by atoms with Gasteiger partial charge in [0.25, 0.3) is 5.69 Å². The van der Waals surface area contributed by atoms with Gasteiger partial charge in [-0.25, -0.2) is 0 Å². The van der Waals surface area contributed by atoms with Crippen LogP contribution in [-0.2, 0) is 0 Å². The van der Waals surface area contributed by atoms with Gasteiger partial charge in [-0.3, -0.25) is 0 Å². The van der Waals surface area contributed by atoms with Gasteiger partial charge in [0.05, 0.1) is 17.6 Å². The van der Waals surface area contributed by atoms with E-state index in [9.17, 15) is 4.91 Å². The van der Waals surface area contributed by atoms with Crippen LogP contribution in [0.3, 0.4) is 0 Å². The first-order valence-electron chi connectivity index (χ1n) is 5.13. The Balaban J connectivity index is 2.26. The van der Waals surface area contributed by atoms with Crippen LogP contribution in [0, 0.1) is 4.91 Å². The second-order valence-corrected chi connectivity index (χ2v) is 4.07. The highest BCUT2D eigenvalue weighted by atomic mass is 35.5. The standard InChI is InChI=1S/C11H6ClN5O/c12-11-4-9(6-13-15-11)17-10-3-8(16-18)2-1-7(10)5-14-17/h1-6H/p+1. The summed E-state index contributed by atoms with van der Waals surface area (Å²) in [6.07, 6.45) is 3.39. The average molecular weight is 261 g/mol. The second kappa shape index (κ2) is 4.15. The van der Waals surface area contributed by atoms with Crippen LogP contribution in [0.1, 0.15) is 0 Å². The van der Waals surface area contributed by atoms with Crippen molar-refractivity contribution in [2.45, 2.75) is 0 Å². The molecule has 0 bridgehead atoms. The van der Waals surface area contributed by atoms with E-state index in [1.165, 1.54) is 0 Å². The highest BCUT2D eigenvalue weighted by Crippen LogP contribution is 2.19. The van der Waals surface area contributed by atoms with E-state index in [-0.39, 0.29) is 0 Å². The van der Waals surface area contributed by atoms with Crippen molar-refractivity contribution in [1.29, 1.82) is 0 Å². The summed E-state index contributed by atoms with van der Waals surface area (Å²) in [5.74, 6) is 0. The lowest BCUT2D eigenvalue weighted by Gasteiger charge is -1.93. The predicted octanol–water partition coefficient (Wildman–Crippen LogP) is 2.29. The van der Waals surface area contributed by atoms with Crippen LogP contribution in [0.4, 0.5) is 5.69 Å². The van der Waals surface area contributed by atoms with Crippen molar-refractivity contribution in [2.24, 2.45) is 5.18 Å². The van der Waals surface area contributed by atoms with E-state index in [1.807, 2.05) is 12.3 Å². The number of nitrogens with one attached hydrogen (secondary N) is 1. The Morgan fingerprint density at radius 3 is 3.00 bits per heavy atom. The Bertz CT molecular complexity index is 739. The number of halogens is 1. The molecule has 2 heterocycles. The zero-order chi connectivity index (χ0) is 12.5. The number of hydrogen-bond acceptors (Lipinski definition) is 4. The molecule has 1 N–H and O–H groups in total. The molecule has 0 amide bonds. The van der Waals surface area contributed by atoms with Gasteiger partial charge in [0, 0.05) is 6.07 Å². The number of fused-ring (bicyclic) bond motifs is 1. The summed E-state index contributed by atoms with van der Waals surface area (Å²) in [6, 6.07) is 6.83. The number of nitrogens with zero attached hydrogens (tertiary/aromatic N) is 4. The number of benzene rings is 1. The van der Waals surface area contributed by atoms with E-state index in [0.29, 0.717) is 10.8 Å². The Hall–Kier alpha value is -2.34. The van der Waals surface area contributed by atoms with Gasteiger partial charge < -0.3 is 0 Å². The normalized spacial score (nSPS) is 10.7. The summed E-state index contributed by atoms with van der Waals surface area (Å²) >= 11 is 5.80. The van der Waals surface area contributed by atoms with E-state index >= 15 is 0 Å². The first-order chi connectivity index (χ1) is 8.78. The predicted molar refractivity (Wildman–Crippen MR) is 65.9 cm³/mol. The van der Waals surface area contributed by atoms with Gasteiger partial charge in [0.2, 0.25) is 5.52 Å². The Kier molecular flexibility index (Phi) is 2.49. The van der Waals surface area contributed by atoms with Crippen molar-refractivity contribution < 1.29 is 4.68 Å². The summed E-state index contributed by atoms with van der Waals surface area (Å²) in [5, 5.41) is 14.7. The molecule has 0 aliphatic heterocycles. The van der Waals surface area contributed by atoms with Gasteiger partial charge in [-0.15, -0.1) is 10.0 Å². The highest BCUT2D eigenvalue weighted by Gasteiger charge is 2.16. The van der Waals surface area contributed by atoms with Crippen LogP contribution in [0.25, 0.3) is 16.6 Å². The van der Waals surface area contributed by atoms with Crippen LogP contribution in [-0.4, -0.2) is 15.3 Å². The molecule has 0 spiro atoms. The molecule has 0 saturated carbocycles. The zero-order valence-electron chi connectivity index (χ0n) is 9.04. The number of aromatic amines is 1. The topological polar surface area (TPSA) is 74.9 Å². The molecule has 3 aromatic rings. The van der Waals surface area contributed by atoms with Gasteiger partial charge in [-0.05, 0) is 17.3 Å². The molecule has 6 nitrogen and oxygen atoms in total. The lowest BCUT2D eigenvalue weighted by Crippen LogP contribution is -2.32. The zero-order valence-corrected chi connectivity index (χ0v) is 9.80. The fraction of sp³-hybridized carbons (Fsp3) is 0. The largest absolute Gasteiger partial charge is 0.259 e. The lowest BCUT2D eigenvalue weighted by atomic mass is 10.2. The molecule has 3 rings (SSSR count). The molecule has 0 aliphatic carbocycles. The van der Waals surface area contributed by atoms with Crippen LogP contribution in [0.5, 0.6) is 0 Å². The van der Waals surface area contributed by atoms with Crippen molar-refractivity contribution in [1.82, 2.24) is 15.3 Å². The van der Waals surface area contributed by atoms with E-state index in [0.717, 1.165) is 16.6 Å². The summed E-state index contributed by atoms with van der Waals surface area (Å²) < 4.78 is 1.75. The minimum absolute atomic E-state index is 0.299. The molecule has 7 heteroatoms. The summed E-state index contributed by atoms with van der Waals surface area (Å²) in [5.41, 5.74) is 1.91. The van der Waals surface area contributed by atoms with Gasteiger partial charge in [0.15, 0.2) is 5.15 Å². The number of aromatic nitrogens is 4. The molecule has 1 aromatic carbocycles. The molecule has 2 aromatic heterocycles. The average Bonchev–Trinajstić information content (AvgIpc) is 2.81. The summed E-state index contributed by atoms with van der Waals surface area (Å²) in [7, 11) is 0. The maximum absolute atomic E-state index is 10.6. The molecule has 18 heavy (non-hydrogen) atoms. The van der Waals surface area contributed by atoms with Gasteiger partial charge in [0.1, 0.15) is 11.9 Å². The SMILES string of the molecule is O=Nc1ccc2c[nH][n+](-c3cnnc(Cl)c3)c2c1. The summed E-state index contributed by atoms with van der Waals surface area (Å²) in [4.78, 5) is 10.6. The van der Waals surface area contributed by atoms with Crippen molar-refractivity contribution in [3.8, 4) is 5.69 Å². The molecule has 0 fully saturated rings. The monoisotopic (exact) mass is 260 g/mol. The van der Waals surface area contributed by atoms with Crippen molar-refractivity contribution >= 4 is 28.2 Å². The van der Waals surface area contributed by atoms with Crippen LogP contribution >= 0.6 is 11.6 Å². The van der Waals surface area contributed by atoms with Gasteiger partial charge in [-0.1, -0.05) is 16.3 Å². The molecule has 0 atom stereocenters. The molecule has 0 aliphatic rings. The van der Waals surface area contributed by atoms with Crippen LogP contribution < -0.4 is 4.68 Å². The number of rotatable bonds is 2. The number of nitroso groups, excluding NO2 is 1. The third-order valence-corrected chi connectivity index (χ3v) is 2.76. The van der Waals surface area contributed by atoms with E-state index in [2.05, 4.69) is 20.5 Å². The van der Waals surface area contributed by atoms with Crippen molar-refractivity contribution in [3.63, 3.8) is 0 Å². The fourth-order valence-corrected chi connectivity index (χ4v) is 1.93. The number of hydrogen-bond donors (Lipinski definition) is 1. The molecule has 0 saturated heterocycles. The third kappa shape index (κ3) is 1.72. The highest BCUT2D eigenvalue weighted by molar-refractivity contribution is 6.29. The second-order valence-electron chi connectivity index (χ2n) is 3.68. The van der Waals surface area contributed by atoms with E-state index < -0.39 is 0 Å². The lowest BCUT2D eigenvalue weighted by molar-refractivity contribution is -0.630. The first-order valence-corrected chi connectivity index (χ1v) is 5.51. The Morgan fingerprint density at radius 1 is 1.33 bits per heavy atom. The third-order valence-electron chi connectivity index (χ3n) is 2.58. The molecular formula is C11H7ClN5O+. The van der Waals surface area contributed by atoms with Crippen LogP contribution in [0.15, 0.2) is 41.8 Å². The molecular weight excluding hydrogens is 254 g/mol. The van der Waals surface area contributed by atoms with E-state index in [4.69, 9.17) is 11.6 Å². The van der Waals surface area contributed by atoms with Crippen molar-refractivity contribution in [3.05, 3.63) is 46.7 Å². The number of H-pyrrole nitrogens is 1. The first kappa shape index (κ1) is 10.8. The quantitative estimate of drug-likeness (QED) is 0.567. The van der Waals surface area contributed by atoms with E-state index in [1.54, 1.807) is 29.1 Å². The maximum atomic E-state index is 10.6. The molecule has 0 radical (unpaired) electrons. The molecule has 0 unspecified atom stereocenters.